The third kappa shape index (κ3) is 3.35. The van der Waals surface area contributed by atoms with Gasteiger partial charge in [-0.3, -0.25) is 9.78 Å². The molecule has 1 aromatic heterocycles. The van der Waals surface area contributed by atoms with Crippen molar-refractivity contribution in [2.75, 3.05) is 0 Å². The lowest BCUT2D eigenvalue weighted by atomic mass is 9.72. The Bertz CT molecular complexity index is 792. The van der Waals surface area contributed by atoms with Crippen LogP contribution in [0.25, 0.3) is 10.9 Å². The summed E-state index contributed by atoms with van der Waals surface area (Å²) < 4.78 is 0. The first-order chi connectivity index (χ1) is 12.5. The summed E-state index contributed by atoms with van der Waals surface area (Å²) >= 11 is 0. The molecule has 2 aliphatic carbocycles. The molecule has 1 heterocycles. The number of carbonyl (C=O) groups is 1. The number of aliphatic hydroxyl groups is 1. The molecule has 1 atom stereocenters. The van der Waals surface area contributed by atoms with E-state index >= 15 is 0 Å². The molecule has 0 saturated heterocycles. The number of aliphatic hydroxyl groups excluding tert-OH is 1. The van der Waals surface area contributed by atoms with E-state index in [1.807, 2.05) is 24.4 Å². The Labute approximate surface area is 155 Å². The summed E-state index contributed by atoms with van der Waals surface area (Å²) in [5.41, 5.74) is 1.76. The second-order valence-corrected chi connectivity index (χ2v) is 8.42. The first kappa shape index (κ1) is 17.5. The Hall–Kier alpha value is -1.94. The van der Waals surface area contributed by atoms with Gasteiger partial charge in [-0.05, 0) is 49.3 Å². The van der Waals surface area contributed by atoms with Crippen LogP contribution in [0, 0.1) is 11.3 Å². The van der Waals surface area contributed by atoms with Gasteiger partial charge in [-0.2, -0.15) is 0 Å². The predicted molar refractivity (Wildman–Crippen MR) is 103 cm³/mol. The molecule has 0 spiro atoms. The van der Waals surface area contributed by atoms with Crippen molar-refractivity contribution >= 4 is 16.8 Å². The van der Waals surface area contributed by atoms with Gasteiger partial charge in [-0.1, -0.05) is 44.4 Å². The lowest BCUT2D eigenvalue weighted by molar-refractivity contribution is -0.134. The van der Waals surface area contributed by atoms with E-state index in [1.54, 1.807) is 0 Å². The van der Waals surface area contributed by atoms with E-state index in [-0.39, 0.29) is 29.4 Å². The molecule has 1 aromatic carbocycles. The molecule has 0 bridgehead atoms. The van der Waals surface area contributed by atoms with Crippen LogP contribution in [0.4, 0.5) is 0 Å². The number of carbonyl (C=O) groups excluding carboxylic acids is 1. The zero-order chi connectivity index (χ0) is 18.1. The van der Waals surface area contributed by atoms with Crippen molar-refractivity contribution in [3.8, 4) is 0 Å². The van der Waals surface area contributed by atoms with Crippen molar-refractivity contribution in [1.82, 2.24) is 10.3 Å². The van der Waals surface area contributed by atoms with E-state index in [1.165, 1.54) is 6.42 Å². The van der Waals surface area contributed by atoms with Crippen molar-refractivity contribution in [1.29, 1.82) is 0 Å². The minimum Gasteiger partial charge on any atom is -0.393 e. The number of nitrogens with zero attached hydrogens (tertiary/aromatic N) is 1. The van der Waals surface area contributed by atoms with Crippen molar-refractivity contribution in [3.63, 3.8) is 0 Å². The number of hydrogen-bond acceptors (Lipinski definition) is 3. The highest BCUT2D eigenvalue weighted by atomic mass is 16.3. The Balaban J connectivity index is 1.60. The maximum atomic E-state index is 13.1. The summed E-state index contributed by atoms with van der Waals surface area (Å²) in [5, 5.41) is 14.2. The molecular formula is C22H28N2O2. The number of benzene rings is 1. The lowest BCUT2D eigenvalue weighted by Gasteiger charge is -2.40. The molecule has 2 aliphatic rings. The first-order valence-corrected chi connectivity index (χ1v) is 9.89. The van der Waals surface area contributed by atoms with Crippen molar-refractivity contribution < 1.29 is 9.90 Å². The fourth-order valence-electron chi connectivity index (χ4n) is 4.51. The van der Waals surface area contributed by atoms with Gasteiger partial charge in [0.25, 0.3) is 0 Å². The summed E-state index contributed by atoms with van der Waals surface area (Å²) in [4.78, 5) is 17.7. The van der Waals surface area contributed by atoms with Gasteiger partial charge in [0.05, 0.1) is 17.7 Å². The summed E-state index contributed by atoms with van der Waals surface area (Å²) in [6.45, 7) is 2.10. The van der Waals surface area contributed by atoms with Gasteiger partial charge in [0.2, 0.25) is 5.91 Å². The topological polar surface area (TPSA) is 62.2 Å². The number of hydrogen-bond donors (Lipinski definition) is 2. The van der Waals surface area contributed by atoms with E-state index in [0.29, 0.717) is 0 Å². The smallest absolute Gasteiger partial charge is 0.226 e. The lowest BCUT2D eigenvalue weighted by Crippen LogP contribution is -2.47. The van der Waals surface area contributed by atoms with Crippen LogP contribution in [0.3, 0.4) is 0 Å². The molecule has 2 N–H and O–H groups in total. The van der Waals surface area contributed by atoms with Crippen LogP contribution in [-0.2, 0) is 4.79 Å². The second-order valence-electron chi connectivity index (χ2n) is 8.42. The van der Waals surface area contributed by atoms with Crippen LogP contribution < -0.4 is 5.32 Å². The standard InChI is InChI=1S/C22H28N2O2/c1-22(9-5-2-6-10-22)21(26)24-20(16-12-18(25)13-16)17-11-15-7-3-4-8-19(15)23-14-17/h3-4,7-8,11,14,16,18,20,25H,2,5-6,9-10,12-13H2,1H3,(H,24,26)/t16?,18?,20-/m1/s1. The Morgan fingerprint density at radius 3 is 2.69 bits per heavy atom. The van der Waals surface area contributed by atoms with Gasteiger partial charge >= 0.3 is 0 Å². The summed E-state index contributed by atoms with van der Waals surface area (Å²) in [5.74, 6) is 0.445. The van der Waals surface area contributed by atoms with E-state index in [2.05, 4.69) is 29.4 Å². The van der Waals surface area contributed by atoms with Crippen LogP contribution in [0.1, 0.15) is 63.5 Å². The maximum Gasteiger partial charge on any atom is 0.226 e. The number of nitrogens with one attached hydrogen (secondary N) is 1. The first-order valence-electron chi connectivity index (χ1n) is 9.89. The highest BCUT2D eigenvalue weighted by Crippen LogP contribution is 2.41. The third-order valence-electron chi connectivity index (χ3n) is 6.38. The van der Waals surface area contributed by atoms with Gasteiger partial charge < -0.3 is 10.4 Å². The van der Waals surface area contributed by atoms with E-state index < -0.39 is 0 Å². The van der Waals surface area contributed by atoms with Crippen molar-refractivity contribution in [3.05, 3.63) is 42.1 Å². The average Bonchev–Trinajstić information content (AvgIpc) is 2.64. The number of para-hydroxylation sites is 1. The van der Waals surface area contributed by atoms with Crippen LogP contribution in [-0.4, -0.2) is 22.1 Å². The zero-order valence-corrected chi connectivity index (χ0v) is 15.4. The quantitative estimate of drug-likeness (QED) is 0.869. The summed E-state index contributed by atoms with van der Waals surface area (Å²) in [6.07, 6.45) is 8.57. The molecule has 0 aliphatic heterocycles. The van der Waals surface area contributed by atoms with Crippen molar-refractivity contribution in [2.45, 2.75) is 64.0 Å². The third-order valence-corrected chi connectivity index (χ3v) is 6.38. The number of pyridine rings is 1. The molecule has 0 unspecified atom stereocenters. The van der Waals surface area contributed by atoms with Crippen LogP contribution in [0.2, 0.25) is 0 Å². The molecular weight excluding hydrogens is 324 g/mol. The Morgan fingerprint density at radius 1 is 1.23 bits per heavy atom. The fraction of sp³-hybridized carbons (Fsp3) is 0.545. The summed E-state index contributed by atoms with van der Waals surface area (Å²) in [7, 11) is 0. The Kier molecular flexibility index (Phi) is 4.70. The van der Waals surface area contributed by atoms with Gasteiger partial charge in [0.15, 0.2) is 0 Å². The van der Waals surface area contributed by atoms with Gasteiger partial charge in [-0.15, -0.1) is 0 Å². The molecule has 1 amide bonds. The van der Waals surface area contributed by atoms with Gasteiger partial charge in [0.1, 0.15) is 0 Å². The highest BCUT2D eigenvalue weighted by Gasteiger charge is 2.40. The zero-order valence-electron chi connectivity index (χ0n) is 15.4. The molecule has 138 valence electrons. The number of amides is 1. The molecule has 26 heavy (non-hydrogen) atoms. The fourth-order valence-corrected chi connectivity index (χ4v) is 4.51. The van der Waals surface area contributed by atoms with E-state index in [9.17, 15) is 9.90 Å². The number of rotatable bonds is 4. The summed E-state index contributed by atoms with van der Waals surface area (Å²) in [6, 6.07) is 10.1. The second kappa shape index (κ2) is 6.99. The molecule has 4 nitrogen and oxygen atoms in total. The predicted octanol–water partition coefficient (Wildman–Crippen LogP) is 4.13. The maximum absolute atomic E-state index is 13.1. The number of aromatic nitrogens is 1. The average molecular weight is 352 g/mol. The monoisotopic (exact) mass is 352 g/mol. The Morgan fingerprint density at radius 2 is 1.96 bits per heavy atom. The minimum atomic E-state index is -0.261. The van der Waals surface area contributed by atoms with Crippen LogP contribution in [0.15, 0.2) is 36.5 Å². The van der Waals surface area contributed by atoms with Crippen LogP contribution >= 0.6 is 0 Å². The molecule has 4 rings (SSSR count). The van der Waals surface area contributed by atoms with E-state index in [4.69, 9.17) is 0 Å². The molecule has 2 saturated carbocycles. The van der Waals surface area contributed by atoms with Crippen molar-refractivity contribution in [2.24, 2.45) is 11.3 Å². The normalized spacial score (nSPS) is 26.1. The SMILES string of the molecule is CC1(C(=O)N[C@@H](c2cnc3ccccc3c2)C2CC(O)C2)CCCCC1. The molecule has 2 fully saturated rings. The van der Waals surface area contributed by atoms with Gasteiger partial charge in [-0.25, -0.2) is 0 Å². The van der Waals surface area contributed by atoms with Gasteiger partial charge in [0, 0.05) is 17.0 Å². The largest absolute Gasteiger partial charge is 0.393 e. The number of fused-ring (bicyclic) bond motifs is 1. The minimum absolute atomic E-state index is 0.0678. The molecule has 2 aromatic rings. The van der Waals surface area contributed by atoms with E-state index in [0.717, 1.165) is 55.0 Å². The molecule has 0 radical (unpaired) electrons. The van der Waals surface area contributed by atoms with Crippen LogP contribution in [0.5, 0.6) is 0 Å². The highest BCUT2D eigenvalue weighted by molar-refractivity contribution is 5.83. The molecule has 4 heteroatoms.